The van der Waals surface area contributed by atoms with Crippen molar-refractivity contribution >= 4 is 51.5 Å². The van der Waals surface area contributed by atoms with Gasteiger partial charge in [-0.15, -0.1) is 0 Å². The summed E-state index contributed by atoms with van der Waals surface area (Å²) in [7, 11) is 0. The molecule has 2 heterocycles. The van der Waals surface area contributed by atoms with Gasteiger partial charge in [0.15, 0.2) is 0 Å². The summed E-state index contributed by atoms with van der Waals surface area (Å²) in [6, 6.07) is 12.7. The number of carbonyl (C=O) groups is 1. The number of hydrogen-bond donors (Lipinski definition) is 1. The molecule has 4 rings (SSSR count). The number of anilines is 2. The van der Waals surface area contributed by atoms with E-state index in [0.29, 0.717) is 15.6 Å². The van der Waals surface area contributed by atoms with Crippen LogP contribution in [0.4, 0.5) is 11.5 Å². The molecule has 1 N–H and O–H groups in total. The van der Waals surface area contributed by atoms with E-state index in [9.17, 15) is 4.79 Å². The number of halogens is 2. The largest absolute Gasteiger partial charge is 0.357 e. The van der Waals surface area contributed by atoms with Gasteiger partial charge in [-0.25, -0.2) is 4.98 Å². The van der Waals surface area contributed by atoms with Gasteiger partial charge in [0.1, 0.15) is 5.82 Å². The Labute approximate surface area is 168 Å². The molecule has 0 aliphatic carbocycles. The number of rotatable bonds is 3. The number of pyridine rings is 1. The van der Waals surface area contributed by atoms with Gasteiger partial charge in [0.2, 0.25) is 0 Å². The third kappa shape index (κ3) is 3.73. The topological polar surface area (TPSA) is 45.2 Å². The molecular formula is C21H19Cl2N3O. The van der Waals surface area contributed by atoms with Gasteiger partial charge in [0, 0.05) is 29.7 Å². The molecule has 0 unspecified atom stereocenters. The van der Waals surface area contributed by atoms with Crippen LogP contribution < -0.4 is 10.2 Å². The first-order chi connectivity index (χ1) is 13.0. The maximum absolute atomic E-state index is 12.5. The van der Waals surface area contributed by atoms with Crippen LogP contribution in [0.5, 0.6) is 0 Å². The fourth-order valence-corrected chi connectivity index (χ4v) is 3.70. The van der Waals surface area contributed by atoms with Crippen LogP contribution in [0.1, 0.15) is 28.8 Å². The zero-order valence-electron chi connectivity index (χ0n) is 14.9. The summed E-state index contributed by atoms with van der Waals surface area (Å²) in [5, 5.41) is 4.73. The molecular weight excluding hydrogens is 381 g/mol. The SMILES string of the molecule is Cc1cc(N2CCCC2)nc2ccc(NC(=O)c3ccc(Cl)c(Cl)c3)cc12. The highest BCUT2D eigenvalue weighted by molar-refractivity contribution is 6.42. The minimum Gasteiger partial charge on any atom is -0.357 e. The summed E-state index contributed by atoms with van der Waals surface area (Å²) >= 11 is 11.9. The van der Waals surface area contributed by atoms with Gasteiger partial charge in [0.25, 0.3) is 5.91 Å². The van der Waals surface area contributed by atoms with Crippen molar-refractivity contribution in [1.82, 2.24) is 4.98 Å². The zero-order valence-corrected chi connectivity index (χ0v) is 16.4. The Bertz CT molecular complexity index is 1030. The molecule has 0 bridgehead atoms. The average Bonchev–Trinajstić information content (AvgIpc) is 3.19. The molecule has 2 aromatic carbocycles. The van der Waals surface area contributed by atoms with Crippen LogP contribution in [0.15, 0.2) is 42.5 Å². The number of amides is 1. The third-order valence-electron chi connectivity index (χ3n) is 4.87. The fourth-order valence-electron chi connectivity index (χ4n) is 3.40. The number of aryl methyl sites for hydroxylation is 1. The van der Waals surface area contributed by atoms with Crippen molar-refractivity contribution < 1.29 is 4.79 Å². The molecule has 27 heavy (non-hydrogen) atoms. The second-order valence-electron chi connectivity index (χ2n) is 6.81. The van der Waals surface area contributed by atoms with Gasteiger partial charge in [-0.3, -0.25) is 4.79 Å². The quantitative estimate of drug-likeness (QED) is 0.613. The van der Waals surface area contributed by atoms with Gasteiger partial charge in [-0.05, 0) is 67.8 Å². The number of fused-ring (bicyclic) bond motifs is 1. The van der Waals surface area contributed by atoms with E-state index in [1.54, 1.807) is 18.2 Å². The highest BCUT2D eigenvalue weighted by Gasteiger charge is 2.15. The Morgan fingerprint density at radius 1 is 1.04 bits per heavy atom. The molecule has 1 aliphatic rings. The Morgan fingerprint density at radius 2 is 1.81 bits per heavy atom. The van der Waals surface area contributed by atoms with E-state index in [2.05, 4.69) is 23.2 Å². The highest BCUT2D eigenvalue weighted by Crippen LogP contribution is 2.28. The van der Waals surface area contributed by atoms with Crippen LogP contribution in [0.3, 0.4) is 0 Å². The summed E-state index contributed by atoms with van der Waals surface area (Å²) in [5.74, 6) is 0.803. The molecule has 1 aromatic heterocycles. The van der Waals surface area contributed by atoms with Crippen LogP contribution in [0.25, 0.3) is 10.9 Å². The van der Waals surface area contributed by atoms with Crippen molar-refractivity contribution in [2.24, 2.45) is 0 Å². The van der Waals surface area contributed by atoms with Crippen LogP contribution in [0, 0.1) is 6.92 Å². The summed E-state index contributed by atoms with van der Waals surface area (Å²) < 4.78 is 0. The van der Waals surface area contributed by atoms with E-state index < -0.39 is 0 Å². The van der Waals surface area contributed by atoms with Crippen molar-refractivity contribution in [1.29, 1.82) is 0 Å². The standard InChI is InChI=1S/C21H19Cl2N3O/c1-13-10-20(26-8-2-3-9-26)25-19-7-5-15(12-16(13)19)24-21(27)14-4-6-17(22)18(23)11-14/h4-7,10-12H,2-3,8-9H2,1H3,(H,24,27). The molecule has 4 nitrogen and oxygen atoms in total. The Balaban J connectivity index is 1.61. The maximum atomic E-state index is 12.5. The lowest BCUT2D eigenvalue weighted by Crippen LogP contribution is -2.19. The lowest BCUT2D eigenvalue weighted by atomic mass is 10.1. The zero-order chi connectivity index (χ0) is 19.0. The Kier molecular flexibility index (Phi) is 4.94. The minimum absolute atomic E-state index is 0.229. The summed E-state index contributed by atoms with van der Waals surface area (Å²) in [6.45, 7) is 4.21. The van der Waals surface area contributed by atoms with Crippen molar-refractivity contribution in [3.8, 4) is 0 Å². The molecule has 138 valence electrons. The molecule has 1 fully saturated rings. The highest BCUT2D eigenvalue weighted by atomic mass is 35.5. The first kappa shape index (κ1) is 18.1. The van der Waals surface area contributed by atoms with Gasteiger partial charge in [-0.1, -0.05) is 23.2 Å². The van der Waals surface area contributed by atoms with Crippen LogP contribution in [0.2, 0.25) is 10.0 Å². The van der Waals surface area contributed by atoms with E-state index in [4.69, 9.17) is 28.2 Å². The van der Waals surface area contributed by atoms with Crippen molar-refractivity contribution in [3.63, 3.8) is 0 Å². The predicted molar refractivity (Wildman–Crippen MR) is 112 cm³/mol. The summed E-state index contributed by atoms with van der Waals surface area (Å²) in [4.78, 5) is 19.6. The van der Waals surface area contributed by atoms with Crippen molar-refractivity contribution in [2.75, 3.05) is 23.3 Å². The van der Waals surface area contributed by atoms with Crippen molar-refractivity contribution in [2.45, 2.75) is 19.8 Å². The second kappa shape index (κ2) is 7.37. The predicted octanol–water partition coefficient (Wildman–Crippen LogP) is 5.70. The van der Waals surface area contributed by atoms with Crippen LogP contribution in [-0.2, 0) is 0 Å². The van der Waals surface area contributed by atoms with E-state index in [1.165, 1.54) is 12.8 Å². The van der Waals surface area contributed by atoms with E-state index >= 15 is 0 Å². The first-order valence-corrected chi connectivity index (χ1v) is 9.69. The van der Waals surface area contributed by atoms with Gasteiger partial charge >= 0.3 is 0 Å². The van der Waals surface area contributed by atoms with E-state index in [1.807, 2.05) is 18.2 Å². The first-order valence-electron chi connectivity index (χ1n) is 8.94. The molecule has 0 spiro atoms. The molecule has 1 amide bonds. The number of benzene rings is 2. The Hall–Kier alpha value is -2.30. The number of aromatic nitrogens is 1. The Morgan fingerprint density at radius 3 is 2.56 bits per heavy atom. The average molecular weight is 400 g/mol. The van der Waals surface area contributed by atoms with E-state index in [0.717, 1.165) is 41.1 Å². The van der Waals surface area contributed by atoms with E-state index in [-0.39, 0.29) is 5.91 Å². The molecule has 1 aliphatic heterocycles. The third-order valence-corrected chi connectivity index (χ3v) is 5.61. The lowest BCUT2D eigenvalue weighted by Gasteiger charge is -2.18. The van der Waals surface area contributed by atoms with Crippen molar-refractivity contribution in [3.05, 3.63) is 63.6 Å². The number of nitrogens with one attached hydrogen (secondary N) is 1. The minimum atomic E-state index is -0.229. The number of hydrogen-bond acceptors (Lipinski definition) is 3. The molecule has 6 heteroatoms. The smallest absolute Gasteiger partial charge is 0.255 e. The molecule has 0 radical (unpaired) electrons. The normalized spacial score (nSPS) is 14.0. The summed E-state index contributed by atoms with van der Waals surface area (Å²) in [5.41, 5.74) is 3.26. The van der Waals surface area contributed by atoms with Gasteiger partial charge < -0.3 is 10.2 Å². The number of carbonyl (C=O) groups excluding carboxylic acids is 1. The summed E-state index contributed by atoms with van der Waals surface area (Å²) in [6.07, 6.45) is 2.44. The maximum Gasteiger partial charge on any atom is 0.255 e. The molecule has 0 saturated carbocycles. The lowest BCUT2D eigenvalue weighted by molar-refractivity contribution is 0.102. The van der Waals surface area contributed by atoms with Crippen LogP contribution >= 0.6 is 23.2 Å². The monoisotopic (exact) mass is 399 g/mol. The molecule has 3 aromatic rings. The second-order valence-corrected chi connectivity index (χ2v) is 7.62. The van der Waals surface area contributed by atoms with Gasteiger partial charge in [0.05, 0.1) is 15.6 Å². The molecule has 0 atom stereocenters. The van der Waals surface area contributed by atoms with Crippen LogP contribution in [-0.4, -0.2) is 24.0 Å². The van der Waals surface area contributed by atoms with Gasteiger partial charge in [-0.2, -0.15) is 0 Å². The fraction of sp³-hybridized carbons (Fsp3) is 0.238. The number of nitrogens with zero attached hydrogens (tertiary/aromatic N) is 2. The molecule has 1 saturated heterocycles.